The third-order valence-corrected chi connectivity index (χ3v) is 3.21. The largest absolute Gasteiger partial charge is 0.373 e. The molecule has 1 saturated heterocycles. The number of hydrogen-bond acceptors (Lipinski definition) is 3. The van der Waals surface area contributed by atoms with Crippen molar-refractivity contribution in [3.8, 4) is 0 Å². The van der Waals surface area contributed by atoms with Crippen LogP contribution in [0.25, 0.3) is 0 Å². The first-order valence-corrected chi connectivity index (χ1v) is 5.66. The van der Waals surface area contributed by atoms with Crippen molar-refractivity contribution in [3.63, 3.8) is 0 Å². The van der Waals surface area contributed by atoms with Gasteiger partial charge in [0.25, 0.3) is 0 Å². The highest BCUT2D eigenvalue weighted by molar-refractivity contribution is 5.45. The Morgan fingerprint density at radius 2 is 2.33 bits per heavy atom. The number of aromatic nitrogens is 1. The summed E-state index contributed by atoms with van der Waals surface area (Å²) >= 11 is 0. The molecule has 0 amide bonds. The molecule has 1 atom stereocenters. The quantitative estimate of drug-likeness (QED) is 0.803. The fourth-order valence-corrected chi connectivity index (χ4v) is 2.36. The Hall–Kier alpha value is -1.09. The molecule has 0 unspecified atom stereocenters. The van der Waals surface area contributed by atoms with E-state index >= 15 is 0 Å². The summed E-state index contributed by atoms with van der Waals surface area (Å²) in [6, 6.07) is 4.75. The van der Waals surface area contributed by atoms with Gasteiger partial charge in [0.1, 0.15) is 5.82 Å². The van der Waals surface area contributed by atoms with Crippen molar-refractivity contribution >= 4 is 5.82 Å². The van der Waals surface area contributed by atoms with E-state index in [2.05, 4.69) is 28.3 Å². The molecule has 1 aromatic heterocycles. The predicted molar refractivity (Wildman–Crippen MR) is 63.0 cm³/mol. The molecule has 2 heterocycles. The van der Waals surface area contributed by atoms with Gasteiger partial charge in [0.05, 0.1) is 0 Å². The number of pyridine rings is 1. The molecular formula is C12H19N3. The van der Waals surface area contributed by atoms with Gasteiger partial charge < -0.3 is 5.32 Å². The van der Waals surface area contributed by atoms with Crippen LogP contribution in [0.4, 0.5) is 5.82 Å². The van der Waals surface area contributed by atoms with Gasteiger partial charge in [-0.15, -0.1) is 0 Å². The molecule has 3 nitrogen and oxygen atoms in total. The molecule has 1 N–H and O–H groups in total. The molecule has 0 bridgehead atoms. The highest BCUT2D eigenvalue weighted by Crippen LogP contribution is 2.32. The van der Waals surface area contributed by atoms with E-state index in [1.807, 2.05) is 19.3 Å². The number of nitrogens with one attached hydrogen (secondary N) is 1. The lowest BCUT2D eigenvalue weighted by Crippen LogP contribution is -2.30. The van der Waals surface area contributed by atoms with Crippen LogP contribution < -0.4 is 5.32 Å². The third kappa shape index (κ3) is 2.12. The lowest BCUT2D eigenvalue weighted by Gasteiger charge is -2.33. The molecule has 1 aromatic rings. The number of rotatable bonds is 2. The minimum atomic E-state index is 0.537. The lowest BCUT2D eigenvalue weighted by molar-refractivity contribution is 0.187. The van der Waals surface area contributed by atoms with Crippen molar-refractivity contribution in [1.82, 2.24) is 9.88 Å². The van der Waals surface area contributed by atoms with E-state index in [0.29, 0.717) is 6.04 Å². The fourth-order valence-electron chi connectivity index (χ4n) is 2.36. The number of piperidine rings is 1. The van der Waals surface area contributed by atoms with Gasteiger partial charge in [0, 0.05) is 24.8 Å². The number of hydrogen-bond donors (Lipinski definition) is 1. The zero-order valence-electron chi connectivity index (χ0n) is 9.53. The van der Waals surface area contributed by atoms with Gasteiger partial charge in [-0.1, -0.05) is 12.5 Å². The molecule has 3 heteroatoms. The summed E-state index contributed by atoms with van der Waals surface area (Å²) in [5.41, 5.74) is 1.34. The third-order valence-electron chi connectivity index (χ3n) is 3.21. The second kappa shape index (κ2) is 4.62. The summed E-state index contributed by atoms with van der Waals surface area (Å²) in [6.07, 6.45) is 5.74. The van der Waals surface area contributed by atoms with Crippen LogP contribution in [0, 0.1) is 0 Å². The number of nitrogens with zero attached hydrogens (tertiary/aromatic N) is 2. The molecule has 82 valence electrons. The molecule has 1 aliphatic heterocycles. The van der Waals surface area contributed by atoms with Crippen LogP contribution in [0.5, 0.6) is 0 Å². The molecular weight excluding hydrogens is 186 g/mol. The topological polar surface area (TPSA) is 28.2 Å². The Balaban J connectivity index is 2.26. The average Bonchev–Trinajstić information content (AvgIpc) is 2.30. The van der Waals surface area contributed by atoms with Crippen LogP contribution in [-0.4, -0.2) is 30.5 Å². The van der Waals surface area contributed by atoms with E-state index in [1.165, 1.54) is 31.4 Å². The molecule has 1 fully saturated rings. The van der Waals surface area contributed by atoms with Gasteiger partial charge in [0.2, 0.25) is 0 Å². The van der Waals surface area contributed by atoms with Crippen molar-refractivity contribution in [2.45, 2.75) is 25.3 Å². The Morgan fingerprint density at radius 3 is 3.07 bits per heavy atom. The molecule has 0 radical (unpaired) electrons. The SMILES string of the molecule is CNc1ncccc1[C@H]1CCCCN1C. The first-order chi connectivity index (χ1) is 7.33. The number of likely N-dealkylation sites (tertiary alicyclic amines) is 1. The van der Waals surface area contributed by atoms with Gasteiger partial charge in [-0.2, -0.15) is 0 Å². The van der Waals surface area contributed by atoms with Gasteiger partial charge >= 0.3 is 0 Å². The van der Waals surface area contributed by atoms with Crippen molar-refractivity contribution in [3.05, 3.63) is 23.9 Å². The minimum Gasteiger partial charge on any atom is -0.373 e. The van der Waals surface area contributed by atoms with Crippen LogP contribution in [0.2, 0.25) is 0 Å². The van der Waals surface area contributed by atoms with Crippen molar-refractivity contribution in [2.24, 2.45) is 0 Å². The van der Waals surface area contributed by atoms with E-state index < -0.39 is 0 Å². The van der Waals surface area contributed by atoms with E-state index in [0.717, 1.165) is 5.82 Å². The lowest BCUT2D eigenvalue weighted by atomic mass is 9.96. The van der Waals surface area contributed by atoms with Crippen molar-refractivity contribution in [2.75, 3.05) is 26.0 Å². The van der Waals surface area contributed by atoms with Crippen LogP contribution >= 0.6 is 0 Å². The maximum atomic E-state index is 4.37. The van der Waals surface area contributed by atoms with E-state index in [1.54, 1.807) is 0 Å². The highest BCUT2D eigenvalue weighted by Gasteiger charge is 2.22. The Labute approximate surface area is 91.5 Å². The minimum absolute atomic E-state index is 0.537. The van der Waals surface area contributed by atoms with Crippen LogP contribution in [0.3, 0.4) is 0 Å². The number of anilines is 1. The van der Waals surface area contributed by atoms with Crippen LogP contribution in [-0.2, 0) is 0 Å². The summed E-state index contributed by atoms with van der Waals surface area (Å²) in [6.45, 7) is 1.20. The van der Waals surface area contributed by atoms with E-state index in [4.69, 9.17) is 0 Å². The highest BCUT2D eigenvalue weighted by atomic mass is 15.1. The molecule has 0 aliphatic carbocycles. The van der Waals surface area contributed by atoms with Gasteiger partial charge in [-0.25, -0.2) is 4.98 Å². The summed E-state index contributed by atoms with van der Waals surface area (Å²) in [7, 11) is 4.14. The Morgan fingerprint density at radius 1 is 1.47 bits per heavy atom. The predicted octanol–water partition coefficient (Wildman–Crippen LogP) is 2.28. The fraction of sp³-hybridized carbons (Fsp3) is 0.583. The second-order valence-corrected chi connectivity index (χ2v) is 4.18. The summed E-state index contributed by atoms with van der Waals surface area (Å²) in [5, 5.41) is 3.18. The second-order valence-electron chi connectivity index (χ2n) is 4.18. The molecule has 15 heavy (non-hydrogen) atoms. The summed E-state index contributed by atoms with van der Waals surface area (Å²) < 4.78 is 0. The molecule has 0 aromatic carbocycles. The Kier molecular flexibility index (Phi) is 3.21. The molecule has 1 aliphatic rings. The maximum Gasteiger partial charge on any atom is 0.130 e. The summed E-state index contributed by atoms with van der Waals surface area (Å²) in [5.74, 6) is 1.02. The monoisotopic (exact) mass is 205 g/mol. The zero-order chi connectivity index (χ0) is 10.7. The van der Waals surface area contributed by atoms with E-state index in [-0.39, 0.29) is 0 Å². The van der Waals surface area contributed by atoms with E-state index in [9.17, 15) is 0 Å². The van der Waals surface area contributed by atoms with Crippen molar-refractivity contribution in [1.29, 1.82) is 0 Å². The Bertz CT molecular complexity index is 324. The standard InChI is InChI=1S/C12H19N3/c1-13-12-10(6-5-8-14-12)11-7-3-4-9-15(11)2/h5-6,8,11H,3-4,7,9H2,1-2H3,(H,13,14)/t11-/m1/s1. The van der Waals surface area contributed by atoms with Gasteiger partial charge in [-0.3, -0.25) is 4.90 Å². The smallest absolute Gasteiger partial charge is 0.130 e. The maximum absolute atomic E-state index is 4.37. The molecule has 0 saturated carbocycles. The first kappa shape index (κ1) is 10.4. The molecule has 2 rings (SSSR count). The van der Waals surface area contributed by atoms with Gasteiger partial charge in [0.15, 0.2) is 0 Å². The average molecular weight is 205 g/mol. The van der Waals surface area contributed by atoms with Crippen molar-refractivity contribution < 1.29 is 0 Å². The van der Waals surface area contributed by atoms with Crippen LogP contribution in [0.15, 0.2) is 18.3 Å². The zero-order valence-corrected chi connectivity index (χ0v) is 9.53. The normalized spacial score (nSPS) is 22.7. The summed E-state index contributed by atoms with van der Waals surface area (Å²) in [4.78, 5) is 6.80. The molecule has 0 spiro atoms. The van der Waals surface area contributed by atoms with Crippen LogP contribution in [0.1, 0.15) is 30.9 Å². The first-order valence-electron chi connectivity index (χ1n) is 5.66. The van der Waals surface area contributed by atoms with Gasteiger partial charge in [-0.05, 0) is 32.5 Å².